The molecule has 27 heavy (non-hydrogen) atoms. The Morgan fingerprint density at radius 2 is 1.85 bits per heavy atom. The molecule has 0 radical (unpaired) electrons. The Morgan fingerprint density at radius 1 is 1.15 bits per heavy atom. The first-order chi connectivity index (χ1) is 12.9. The Hall–Kier alpha value is -1.27. The fraction of sp³-hybridized carbons (Fsp3) is 0.550. The molecule has 0 heterocycles. The summed E-state index contributed by atoms with van der Waals surface area (Å²) >= 11 is 9.07. The van der Waals surface area contributed by atoms with E-state index in [0.717, 1.165) is 43.4 Å². The van der Waals surface area contributed by atoms with Crippen LogP contribution in [0.25, 0.3) is 0 Å². The fourth-order valence-corrected chi connectivity index (χ4v) is 2.72. The molecule has 1 aromatic rings. The normalized spacial score (nSPS) is 11.3. The number of hydrogen-bond donors (Lipinski definition) is 0. The van der Waals surface area contributed by atoms with Crippen molar-refractivity contribution in [3.8, 4) is 11.5 Å². The van der Waals surface area contributed by atoms with Crippen molar-refractivity contribution in [2.24, 2.45) is 5.16 Å². The standard InChI is InChI=1S/C20H28BrClFNO3/c1-4-16-13-17(25-12-9-19(21)23)14-18(22)20(16)26-10-7-5-6-8-11-27-24-15(2)3/h9,13-14H,4-8,10-12H2,1-3H3/b19-9-. The average molecular weight is 465 g/mol. The number of ether oxygens (including phenoxy) is 2. The molecule has 0 unspecified atom stereocenters. The number of nitrogens with zero attached hydrogens (tertiary/aromatic N) is 1. The fourth-order valence-electron chi connectivity index (χ4n) is 2.30. The number of hydrogen-bond acceptors (Lipinski definition) is 4. The van der Waals surface area contributed by atoms with E-state index in [1.807, 2.05) is 26.8 Å². The first kappa shape index (κ1) is 23.8. The SMILES string of the molecule is CCc1cc(OC/C=C(\F)Br)cc(Cl)c1OCCCCCCON=C(C)C. The molecular formula is C20H28BrClFNO3. The lowest BCUT2D eigenvalue weighted by Gasteiger charge is -2.14. The smallest absolute Gasteiger partial charge is 0.165 e. The van der Waals surface area contributed by atoms with Gasteiger partial charge in [-0.05, 0) is 79.6 Å². The molecule has 0 atom stereocenters. The van der Waals surface area contributed by atoms with Gasteiger partial charge in [-0.2, -0.15) is 4.39 Å². The van der Waals surface area contributed by atoms with Crippen molar-refractivity contribution in [2.75, 3.05) is 19.8 Å². The monoisotopic (exact) mass is 463 g/mol. The second kappa shape index (κ2) is 13.8. The predicted octanol–water partition coefficient (Wildman–Crippen LogP) is 6.84. The number of rotatable bonds is 13. The molecule has 0 saturated heterocycles. The number of benzene rings is 1. The zero-order chi connectivity index (χ0) is 20.1. The van der Waals surface area contributed by atoms with Crippen molar-refractivity contribution in [1.82, 2.24) is 0 Å². The van der Waals surface area contributed by atoms with Crippen molar-refractivity contribution in [3.63, 3.8) is 0 Å². The first-order valence-electron chi connectivity index (χ1n) is 9.16. The Bertz CT molecular complexity index is 630. The van der Waals surface area contributed by atoms with Crippen molar-refractivity contribution < 1.29 is 18.7 Å². The summed E-state index contributed by atoms with van der Waals surface area (Å²) in [5.41, 5.74) is 1.90. The van der Waals surface area contributed by atoms with Gasteiger partial charge in [0.2, 0.25) is 0 Å². The number of halogens is 3. The minimum atomic E-state index is -0.455. The van der Waals surface area contributed by atoms with Gasteiger partial charge in [0.1, 0.15) is 24.7 Å². The lowest BCUT2D eigenvalue weighted by Crippen LogP contribution is -2.02. The average Bonchev–Trinajstić information content (AvgIpc) is 2.60. The lowest BCUT2D eigenvalue weighted by molar-refractivity contribution is 0.139. The van der Waals surface area contributed by atoms with Crippen LogP contribution in [0.15, 0.2) is 28.1 Å². The molecule has 0 N–H and O–H groups in total. The molecule has 0 aromatic heterocycles. The van der Waals surface area contributed by atoms with E-state index in [9.17, 15) is 4.39 Å². The zero-order valence-corrected chi connectivity index (χ0v) is 18.5. The highest BCUT2D eigenvalue weighted by molar-refractivity contribution is 9.11. The van der Waals surface area contributed by atoms with E-state index in [4.69, 9.17) is 25.9 Å². The zero-order valence-electron chi connectivity index (χ0n) is 16.2. The summed E-state index contributed by atoms with van der Waals surface area (Å²) in [6.07, 6.45) is 6.12. The van der Waals surface area contributed by atoms with E-state index in [2.05, 4.69) is 21.1 Å². The Balaban J connectivity index is 2.39. The molecule has 0 spiro atoms. The van der Waals surface area contributed by atoms with E-state index in [0.29, 0.717) is 29.7 Å². The third-order valence-corrected chi connectivity index (χ3v) is 4.19. The highest BCUT2D eigenvalue weighted by Gasteiger charge is 2.11. The van der Waals surface area contributed by atoms with Gasteiger partial charge in [-0.15, -0.1) is 0 Å². The van der Waals surface area contributed by atoms with E-state index >= 15 is 0 Å². The van der Waals surface area contributed by atoms with Crippen LogP contribution in [0.3, 0.4) is 0 Å². The largest absolute Gasteiger partial charge is 0.492 e. The van der Waals surface area contributed by atoms with Gasteiger partial charge in [-0.3, -0.25) is 0 Å². The van der Waals surface area contributed by atoms with Gasteiger partial charge in [0.05, 0.1) is 17.3 Å². The van der Waals surface area contributed by atoms with E-state index in [1.165, 1.54) is 6.08 Å². The van der Waals surface area contributed by atoms with Crippen LogP contribution in [0, 0.1) is 0 Å². The van der Waals surface area contributed by atoms with E-state index in [-0.39, 0.29) is 6.61 Å². The van der Waals surface area contributed by atoms with E-state index in [1.54, 1.807) is 6.07 Å². The van der Waals surface area contributed by atoms with Crippen molar-refractivity contribution in [3.05, 3.63) is 33.5 Å². The molecule has 4 nitrogen and oxygen atoms in total. The van der Waals surface area contributed by atoms with Gasteiger partial charge in [0, 0.05) is 6.07 Å². The third kappa shape index (κ3) is 10.6. The summed E-state index contributed by atoms with van der Waals surface area (Å²) < 4.78 is 23.6. The van der Waals surface area contributed by atoms with Gasteiger partial charge in [0.25, 0.3) is 0 Å². The molecule has 0 aliphatic rings. The summed E-state index contributed by atoms with van der Waals surface area (Å²) in [7, 11) is 0. The van der Waals surface area contributed by atoms with Gasteiger partial charge < -0.3 is 14.3 Å². The second-order valence-electron chi connectivity index (χ2n) is 6.19. The van der Waals surface area contributed by atoms with Crippen molar-refractivity contribution >= 4 is 33.2 Å². The van der Waals surface area contributed by atoms with E-state index < -0.39 is 4.74 Å². The summed E-state index contributed by atoms with van der Waals surface area (Å²) in [6.45, 7) is 7.23. The van der Waals surface area contributed by atoms with Crippen LogP contribution >= 0.6 is 27.5 Å². The van der Waals surface area contributed by atoms with Gasteiger partial charge in [0.15, 0.2) is 4.74 Å². The van der Waals surface area contributed by atoms with Crippen LogP contribution in [0.5, 0.6) is 11.5 Å². The maximum absolute atomic E-state index is 12.7. The predicted molar refractivity (Wildman–Crippen MR) is 113 cm³/mol. The maximum Gasteiger partial charge on any atom is 0.165 e. The molecule has 7 heteroatoms. The molecule has 1 aromatic carbocycles. The molecule has 0 fully saturated rings. The Labute approximate surface area is 174 Å². The number of oxime groups is 1. The Morgan fingerprint density at radius 3 is 2.48 bits per heavy atom. The molecular weight excluding hydrogens is 437 g/mol. The molecule has 1 rings (SSSR count). The van der Waals surface area contributed by atoms with Crippen LogP contribution in [0.1, 0.15) is 52.0 Å². The molecule has 0 amide bonds. The van der Waals surface area contributed by atoms with Crippen LogP contribution in [-0.2, 0) is 11.3 Å². The maximum atomic E-state index is 12.7. The second-order valence-corrected chi connectivity index (χ2v) is 7.35. The van der Waals surface area contributed by atoms with Gasteiger partial charge in [-0.25, -0.2) is 0 Å². The molecule has 0 bridgehead atoms. The lowest BCUT2D eigenvalue weighted by atomic mass is 10.1. The Kier molecular flexibility index (Phi) is 12.2. The topological polar surface area (TPSA) is 40.0 Å². The summed E-state index contributed by atoms with van der Waals surface area (Å²) in [5, 5.41) is 4.41. The van der Waals surface area contributed by atoms with Crippen molar-refractivity contribution in [2.45, 2.75) is 52.9 Å². The first-order valence-corrected chi connectivity index (χ1v) is 10.3. The summed E-state index contributed by atoms with van der Waals surface area (Å²) in [6, 6.07) is 3.58. The number of unbranched alkanes of at least 4 members (excludes halogenated alkanes) is 3. The minimum absolute atomic E-state index is 0.129. The molecule has 0 saturated carbocycles. The minimum Gasteiger partial charge on any atom is -0.492 e. The van der Waals surface area contributed by atoms with Gasteiger partial charge >= 0.3 is 0 Å². The highest BCUT2D eigenvalue weighted by Crippen LogP contribution is 2.34. The molecule has 152 valence electrons. The molecule has 0 aliphatic carbocycles. The van der Waals surface area contributed by atoms with Crippen LogP contribution in [0.4, 0.5) is 4.39 Å². The summed E-state index contributed by atoms with van der Waals surface area (Å²) in [4.78, 5) is 5.17. The quantitative estimate of drug-likeness (QED) is 0.182. The van der Waals surface area contributed by atoms with Crippen LogP contribution in [0.2, 0.25) is 5.02 Å². The highest BCUT2D eigenvalue weighted by atomic mass is 79.9. The van der Waals surface area contributed by atoms with Crippen LogP contribution in [-0.4, -0.2) is 25.5 Å². The number of aryl methyl sites for hydroxylation is 1. The van der Waals surface area contributed by atoms with Gasteiger partial charge in [-0.1, -0.05) is 23.7 Å². The molecule has 0 aliphatic heterocycles. The van der Waals surface area contributed by atoms with Crippen LogP contribution < -0.4 is 9.47 Å². The third-order valence-electron chi connectivity index (χ3n) is 3.59. The summed E-state index contributed by atoms with van der Waals surface area (Å²) in [5.74, 6) is 1.30. The van der Waals surface area contributed by atoms with Crippen molar-refractivity contribution in [1.29, 1.82) is 0 Å².